The Kier molecular flexibility index (Phi) is 6.18. The molecule has 3 aromatic rings. The Hall–Kier alpha value is -3.75. The van der Waals surface area contributed by atoms with E-state index in [4.69, 9.17) is 4.74 Å². The second-order valence-electron chi connectivity index (χ2n) is 6.42. The molecule has 1 N–H and O–H groups in total. The van der Waals surface area contributed by atoms with Gasteiger partial charge >= 0.3 is 5.97 Å². The highest BCUT2D eigenvalue weighted by Crippen LogP contribution is 2.20. The van der Waals surface area contributed by atoms with Crippen molar-refractivity contribution in [3.8, 4) is 0 Å². The Morgan fingerprint density at radius 3 is 2.66 bits per heavy atom. The van der Waals surface area contributed by atoms with Gasteiger partial charge in [0.25, 0.3) is 5.69 Å². The van der Waals surface area contributed by atoms with Gasteiger partial charge in [-0.25, -0.2) is 4.79 Å². The minimum Gasteiger partial charge on any atom is -0.462 e. The van der Waals surface area contributed by atoms with E-state index in [9.17, 15) is 19.7 Å². The zero-order chi connectivity index (χ0) is 20.8. The number of carbonyl (C=O) groups excluding carboxylic acids is 2. The van der Waals surface area contributed by atoms with Gasteiger partial charge in [-0.3, -0.25) is 19.6 Å². The lowest BCUT2D eigenvalue weighted by atomic mass is 10.2. The fourth-order valence-corrected chi connectivity index (χ4v) is 2.72. The molecule has 0 aliphatic carbocycles. The first-order valence-electron chi connectivity index (χ1n) is 9.15. The molecule has 1 heterocycles. The van der Waals surface area contributed by atoms with E-state index in [1.807, 2.05) is 6.92 Å². The zero-order valence-corrected chi connectivity index (χ0v) is 15.8. The first-order chi connectivity index (χ1) is 14.0. The van der Waals surface area contributed by atoms with E-state index in [-0.39, 0.29) is 18.1 Å². The van der Waals surface area contributed by atoms with Gasteiger partial charge in [0.05, 0.1) is 28.8 Å². The molecule has 0 atom stereocenters. The van der Waals surface area contributed by atoms with Crippen molar-refractivity contribution in [2.24, 2.45) is 0 Å². The molecule has 0 bridgehead atoms. The summed E-state index contributed by atoms with van der Waals surface area (Å²) in [5.41, 5.74) is 1.35. The SMILES string of the molecule is CCCCOC(=O)c1ccc(NC(=O)Cn2ncc3ccc([N+](=O)[O-])cc32)cc1. The number of rotatable bonds is 8. The number of fused-ring (bicyclic) bond motifs is 1. The fraction of sp³-hybridized carbons (Fsp3) is 0.250. The molecule has 0 unspecified atom stereocenters. The van der Waals surface area contributed by atoms with Crippen LogP contribution in [0, 0.1) is 10.1 Å². The van der Waals surface area contributed by atoms with E-state index in [0.717, 1.165) is 12.8 Å². The fourth-order valence-electron chi connectivity index (χ4n) is 2.72. The van der Waals surface area contributed by atoms with Crippen molar-refractivity contribution < 1.29 is 19.2 Å². The first kappa shape index (κ1) is 20.0. The number of anilines is 1. The highest BCUT2D eigenvalue weighted by molar-refractivity contribution is 5.93. The van der Waals surface area contributed by atoms with Crippen LogP contribution < -0.4 is 5.32 Å². The number of nitrogens with one attached hydrogen (secondary N) is 1. The molecule has 9 nitrogen and oxygen atoms in total. The molecule has 0 saturated carbocycles. The molecule has 150 valence electrons. The van der Waals surface area contributed by atoms with Crippen LogP contribution in [0.2, 0.25) is 0 Å². The number of aromatic nitrogens is 2. The third-order valence-electron chi connectivity index (χ3n) is 4.27. The first-order valence-corrected chi connectivity index (χ1v) is 9.15. The van der Waals surface area contributed by atoms with Crippen molar-refractivity contribution in [2.75, 3.05) is 11.9 Å². The Bertz CT molecular complexity index is 1040. The standard InChI is InChI=1S/C20H20N4O5/c1-2-3-10-29-20(26)14-4-7-16(8-5-14)22-19(25)13-23-18-11-17(24(27)28)9-6-15(18)12-21-23/h4-9,11-12H,2-3,10,13H2,1H3,(H,22,25). The van der Waals surface area contributed by atoms with Crippen LogP contribution in [0.5, 0.6) is 0 Å². The summed E-state index contributed by atoms with van der Waals surface area (Å²) in [5.74, 6) is -0.749. The molecule has 3 rings (SSSR count). The number of amides is 1. The monoisotopic (exact) mass is 396 g/mol. The number of esters is 1. The largest absolute Gasteiger partial charge is 0.462 e. The van der Waals surface area contributed by atoms with Crippen LogP contribution in [-0.4, -0.2) is 33.2 Å². The molecule has 0 fully saturated rings. The lowest BCUT2D eigenvalue weighted by molar-refractivity contribution is -0.384. The van der Waals surface area contributed by atoms with Crippen molar-refractivity contribution in [3.63, 3.8) is 0 Å². The summed E-state index contributed by atoms with van der Waals surface area (Å²) in [6.07, 6.45) is 3.30. The molecule has 1 amide bonds. The lowest BCUT2D eigenvalue weighted by Crippen LogP contribution is -2.19. The van der Waals surface area contributed by atoms with Crippen LogP contribution in [0.1, 0.15) is 30.1 Å². The molecule has 0 radical (unpaired) electrons. The third-order valence-corrected chi connectivity index (χ3v) is 4.27. The molecular formula is C20H20N4O5. The predicted molar refractivity (Wildman–Crippen MR) is 107 cm³/mol. The maximum Gasteiger partial charge on any atom is 0.338 e. The topological polar surface area (TPSA) is 116 Å². The minimum atomic E-state index is -0.494. The molecule has 0 spiro atoms. The summed E-state index contributed by atoms with van der Waals surface area (Å²) in [4.78, 5) is 34.7. The number of ether oxygens (including phenoxy) is 1. The number of carbonyl (C=O) groups is 2. The number of unbranched alkanes of at least 4 members (excludes halogenated alkanes) is 1. The average molecular weight is 396 g/mol. The number of benzene rings is 2. The van der Waals surface area contributed by atoms with E-state index in [1.165, 1.54) is 16.8 Å². The number of hydrogen-bond acceptors (Lipinski definition) is 6. The molecule has 1 aromatic heterocycles. The zero-order valence-electron chi connectivity index (χ0n) is 15.8. The lowest BCUT2D eigenvalue weighted by Gasteiger charge is -2.08. The van der Waals surface area contributed by atoms with Crippen molar-refractivity contribution in [1.82, 2.24) is 9.78 Å². The number of non-ortho nitro benzene ring substituents is 1. The van der Waals surface area contributed by atoms with E-state index >= 15 is 0 Å². The van der Waals surface area contributed by atoms with Crippen LogP contribution in [0.4, 0.5) is 11.4 Å². The molecule has 0 aliphatic rings. The molecule has 2 aromatic carbocycles. The third kappa shape index (κ3) is 4.95. The quantitative estimate of drug-likeness (QED) is 0.269. The van der Waals surface area contributed by atoms with Crippen LogP contribution in [0.15, 0.2) is 48.7 Å². The molecular weight excluding hydrogens is 376 g/mol. The van der Waals surface area contributed by atoms with Crippen LogP contribution >= 0.6 is 0 Å². The van der Waals surface area contributed by atoms with Gasteiger partial charge in [-0.2, -0.15) is 5.10 Å². The smallest absolute Gasteiger partial charge is 0.338 e. The van der Waals surface area contributed by atoms with Crippen molar-refractivity contribution >= 4 is 34.2 Å². The van der Waals surface area contributed by atoms with Gasteiger partial charge in [-0.1, -0.05) is 13.3 Å². The second-order valence-corrected chi connectivity index (χ2v) is 6.42. The van der Waals surface area contributed by atoms with Gasteiger partial charge in [0.15, 0.2) is 0 Å². The molecule has 29 heavy (non-hydrogen) atoms. The summed E-state index contributed by atoms with van der Waals surface area (Å²) < 4.78 is 6.54. The van der Waals surface area contributed by atoms with Gasteiger partial charge in [-0.15, -0.1) is 0 Å². The number of hydrogen-bond donors (Lipinski definition) is 1. The van der Waals surface area contributed by atoms with Gasteiger partial charge < -0.3 is 10.1 Å². The Morgan fingerprint density at radius 1 is 1.21 bits per heavy atom. The van der Waals surface area contributed by atoms with E-state index < -0.39 is 10.9 Å². The van der Waals surface area contributed by atoms with Gasteiger partial charge in [-0.05, 0) is 36.8 Å². The van der Waals surface area contributed by atoms with Gasteiger partial charge in [0, 0.05) is 23.2 Å². The van der Waals surface area contributed by atoms with Crippen LogP contribution in [0.25, 0.3) is 10.9 Å². The van der Waals surface area contributed by atoms with Crippen molar-refractivity contribution in [2.45, 2.75) is 26.3 Å². The predicted octanol–water partition coefficient (Wildman–Crippen LogP) is 3.54. The number of nitrogens with zero attached hydrogens (tertiary/aromatic N) is 3. The molecule has 0 saturated heterocycles. The summed E-state index contributed by atoms with van der Waals surface area (Å²) in [6, 6.07) is 10.7. The minimum absolute atomic E-state index is 0.0685. The maximum absolute atomic E-state index is 12.3. The number of nitro benzene ring substituents is 1. The van der Waals surface area contributed by atoms with Crippen LogP contribution in [0.3, 0.4) is 0 Å². The summed E-state index contributed by atoms with van der Waals surface area (Å²) in [7, 11) is 0. The summed E-state index contributed by atoms with van der Waals surface area (Å²) in [6.45, 7) is 2.29. The second kappa shape index (κ2) is 8.96. The van der Waals surface area contributed by atoms with Crippen molar-refractivity contribution in [1.29, 1.82) is 0 Å². The van der Waals surface area contributed by atoms with Crippen molar-refractivity contribution in [3.05, 3.63) is 64.3 Å². The van der Waals surface area contributed by atoms with E-state index in [2.05, 4.69) is 10.4 Å². The molecule has 0 aliphatic heterocycles. The van der Waals surface area contributed by atoms with Gasteiger partial charge in [0.2, 0.25) is 5.91 Å². The Morgan fingerprint density at radius 2 is 1.97 bits per heavy atom. The van der Waals surface area contributed by atoms with Crippen LogP contribution in [-0.2, 0) is 16.1 Å². The average Bonchev–Trinajstić information content (AvgIpc) is 3.10. The summed E-state index contributed by atoms with van der Waals surface area (Å²) in [5, 5.41) is 18.5. The highest BCUT2D eigenvalue weighted by atomic mass is 16.6. The van der Waals surface area contributed by atoms with Gasteiger partial charge in [0.1, 0.15) is 6.54 Å². The van der Waals surface area contributed by atoms with E-state index in [1.54, 1.807) is 36.5 Å². The van der Waals surface area contributed by atoms with E-state index in [0.29, 0.717) is 28.8 Å². The Labute approximate surface area is 166 Å². The maximum atomic E-state index is 12.3. The molecule has 9 heteroatoms. The Balaban J connectivity index is 1.63. The summed E-state index contributed by atoms with van der Waals surface area (Å²) >= 11 is 0. The normalized spacial score (nSPS) is 10.7. The number of nitro groups is 1. The highest BCUT2D eigenvalue weighted by Gasteiger charge is 2.13.